The number of amides is 1. The fourth-order valence-electron chi connectivity index (χ4n) is 3.39. The van der Waals surface area contributed by atoms with Gasteiger partial charge in [-0.15, -0.1) is 0 Å². The molecule has 33 heavy (non-hydrogen) atoms. The Morgan fingerprint density at radius 3 is 2.48 bits per heavy atom. The second-order valence-electron chi connectivity index (χ2n) is 7.21. The number of fused-ring (bicyclic) bond motifs is 1. The Balaban J connectivity index is 1.57. The standard InChI is InChI=1S/C26H18ClN3O2S/c27-21-13-8-15-23-24(21)29-26(33-23)30(17-18-9-6-7-16-28-18)25(31)20-12-4-5-14-22(20)32-19-10-2-1-3-11-19/h1-16H,17H2. The highest BCUT2D eigenvalue weighted by Gasteiger charge is 2.25. The van der Waals surface area contributed by atoms with Gasteiger partial charge in [0.05, 0.1) is 27.5 Å². The average Bonchev–Trinajstić information content (AvgIpc) is 3.29. The number of aromatic nitrogens is 2. The predicted octanol–water partition coefficient (Wildman–Crippen LogP) is 6.98. The molecule has 0 saturated carbocycles. The van der Waals surface area contributed by atoms with Crippen molar-refractivity contribution >= 4 is 44.2 Å². The molecule has 1 amide bonds. The molecule has 0 aliphatic rings. The zero-order valence-electron chi connectivity index (χ0n) is 17.4. The lowest BCUT2D eigenvalue weighted by Gasteiger charge is -2.21. The molecule has 0 saturated heterocycles. The van der Waals surface area contributed by atoms with Gasteiger partial charge < -0.3 is 4.74 Å². The van der Waals surface area contributed by atoms with Gasteiger partial charge in [0.2, 0.25) is 0 Å². The number of hydrogen-bond donors (Lipinski definition) is 0. The van der Waals surface area contributed by atoms with Crippen LogP contribution in [0.2, 0.25) is 5.02 Å². The van der Waals surface area contributed by atoms with E-state index >= 15 is 0 Å². The number of pyridine rings is 1. The van der Waals surface area contributed by atoms with Crippen LogP contribution in [0.3, 0.4) is 0 Å². The van der Waals surface area contributed by atoms with Crippen molar-refractivity contribution in [2.75, 3.05) is 4.90 Å². The van der Waals surface area contributed by atoms with Crippen LogP contribution >= 0.6 is 22.9 Å². The summed E-state index contributed by atoms with van der Waals surface area (Å²) in [5, 5.41) is 1.09. The molecule has 0 spiro atoms. The minimum Gasteiger partial charge on any atom is -0.457 e. The number of nitrogens with zero attached hydrogens (tertiary/aromatic N) is 3. The first kappa shape index (κ1) is 21.1. The Morgan fingerprint density at radius 2 is 1.70 bits per heavy atom. The van der Waals surface area contributed by atoms with Gasteiger partial charge >= 0.3 is 0 Å². The van der Waals surface area contributed by atoms with Crippen LogP contribution in [0.5, 0.6) is 11.5 Å². The molecule has 0 N–H and O–H groups in total. The monoisotopic (exact) mass is 471 g/mol. The van der Waals surface area contributed by atoms with Crippen LogP contribution in [-0.4, -0.2) is 15.9 Å². The Hall–Kier alpha value is -3.74. The second kappa shape index (κ2) is 9.40. The molecule has 0 aliphatic carbocycles. The molecular formula is C26H18ClN3O2S. The van der Waals surface area contributed by atoms with Gasteiger partial charge in [0.25, 0.3) is 5.91 Å². The van der Waals surface area contributed by atoms with Gasteiger partial charge in [-0.05, 0) is 48.5 Å². The van der Waals surface area contributed by atoms with E-state index in [9.17, 15) is 4.79 Å². The van der Waals surface area contributed by atoms with Crippen LogP contribution in [0, 0.1) is 0 Å². The van der Waals surface area contributed by atoms with Crippen molar-refractivity contribution in [1.82, 2.24) is 9.97 Å². The Morgan fingerprint density at radius 1 is 0.909 bits per heavy atom. The third-order valence-corrected chi connectivity index (χ3v) is 6.32. The van der Waals surface area contributed by atoms with Crippen LogP contribution in [0.1, 0.15) is 16.1 Å². The third-order valence-electron chi connectivity index (χ3n) is 4.97. The first-order chi connectivity index (χ1) is 16.2. The molecule has 7 heteroatoms. The SMILES string of the molecule is O=C(c1ccccc1Oc1ccccc1)N(Cc1ccccn1)c1nc2c(Cl)cccc2s1. The number of halogens is 1. The van der Waals surface area contributed by atoms with Crippen molar-refractivity contribution in [1.29, 1.82) is 0 Å². The highest BCUT2D eigenvalue weighted by molar-refractivity contribution is 7.22. The van der Waals surface area contributed by atoms with E-state index in [0.717, 1.165) is 10.4 Å². The number of ether oxygens (including phenoxy) is 1. The quantitative estimate of drug-likeness (QED) is 0.268. The molecule has 0 radical (unpaired) electrons. The summed E-state index contributed by atoms with van der Waals surface area (Å²) < 4.78 is 6.95. The summed E-state index contributed by atoms with van der Waals surface area (Å²) >= 11 is 7.77. The molecule has 3 aromatic carbocycles. The average molecular weight is 472 g/mol. The highest BCUT2D eigenvalue weighted by atomic mass is 35.5. The Kier molecular flexibility index (Phi) is 6.02. The van der Waals surface area contributed by atoms with Crippen LogP contribution in [-0.2, 0) is 6.54 Å². The van der Waals surface area contributed by atoms with Gasteiger partial charge in [0, 0.05) is 6.20 Å². The van der Waals surface area contributed by atoms with E-state index in [1.54, 1.807) is 29.3 Å². The fraction of sp³-hybridized carbons (Fsp3) is 0.0385. The molecular weight excluding hydrogens is 454 g/mol. The number of anilines is 1. The van der Waals surface area contributed by atoms with Crippen molar-refractivity contribution in [3.63, 3.8) is 0 Å². The maximum atomic E-state index is 13.9. The Labute approximate surface area is 199 Å². The third kappa shape index (κ3) is 4.58. The van der Waals surface area contributed by atoms with E-state index in [1.165, 1.54) is 11.3 Å². The fourth-order valence-corrected chi connectivity index (χ4v) is 4.65. The molecule has 0 aliphatic heterocycles. The van der Waals surface area contributed by atoms with Crippen molar-refractivity contribution in [3.8, 4) is 11.5 Å². The number of rotatable bonds is 6. The van der Waals surface area contributed by atoms with Gasteiger partial charge in [-0.3, -0.25) is 14.7 Å². The number of para-hydroxylation sites is 3. The van der Waals surface area contributed by atoms with Gasteiger partial charge in [-0.2, -0.15) is 0 Å². The van der Waals surface area contributed by atoms with Gasteiger partial charge in [0.1, 0.15) is 17.0 Å². The van der Waals surface area contributed by atoms with E-state index < -0.39 is 0 Å². The molecule has 162 valence electrons. The molecule has 2 aromatic heterocycles. The first-order valence-electron chi connectivity index (χ1n) is 10.3. The van der Waals surface area contributed by atoms with Crippen molar-refractivity contribution in [2.24, 2.45) is 0 Å². The lowest BCUT2D eigenvalue weighted by Crippen LogP contribution is -2.31. The molecule has 5 rings (SSSR count). The summed E-state index contributed by atoms with van der Waals surface area (Å²) in [6, 6.07) is 27.8. The summed E-state index contributed by atoms with van der Waals surface area (Å²) in [5.41, 5.74) is 1.85. The molecule has 0 fully saturated rings. The maximum Gasteiger partial charge on any atom is 0.264 e. The molecule has 0 atom stereocenters. The summed E-state index contributed by atoms with van der Waals surface area (Å²) in [5.74, 6) is 0.891. The van der Waals surface area contributed by atoms with E-state index in [-0.39, 0.29) is 12.5 Å². The van der Waals surface area contributed by atoms with Gasteiger partial charge in [0.15, 0.2) is 5.13 Å². The van der Waals surface area contributed by atoms with E-state index in [4.69, 9.17) is 21.3 Å². The summed E-state index contributed by atoms with van der Waals surface area (Å²) in [4.78, 5) is 24.6. The van der Waals surface area contributed by atoms with E-state index in [2.05, 4.69) is 4.98 Å². The van der Waals surface area contributed by atoms with E-state index in [0.29, 0.717) is 32.7 Å². The minimum absolute atomic E-state index is 0.234. The van der Waals surface area contributed by atoms with Crippen LogP contribution < -0.4 is 9.64 Å². The lowest BCUT2D eigenvalue weighted by molar-refractivity contribution is 0.0982. The largest absolute Gasteiger partial charge is 0.457 e. The molecule has 2 heterocycles. The summed E-state index contributed by atoms with van der Waals surface area (Å²) in [6.07, 6.45) is 1.71. The van der Waals surface area contributed by atoms with Crippen molar-refractivity contribution < 1.29 is 9.53 Å². The molecule has 0 unspecified atom stereocenters. The zero-order valence-corrected chi connectivity index (χ0v) is 19.0. The smallest absolute Gasteiger partial charge is 0.264 e. The maximum absolute atomic E-state index is 13.9. The Bertz CT molecular complexity index is 1410. The lowest BCUT2D eigenvalue weighted by atomic mass is 10.1. The molecule has 5 nitrogen and oxygen atoms in total. The second-order valence-corrected chi connectivity index (χ2v) is 8.62. The van der Waals surface area contributed by atoms with Crippen molar-refractivity contribution in [3.05, 3.63) is 113 Å². The minimum atomic E-state index is -0.234. The number of carbonyl (C=O) groups is 1. The molecule has 0 bridgehead atoms. The van der Waals surface area contributed by atoms with Gasteiger partial charge in [-0.25, -0.2) is 4.98 Å². The topological polar surface area (TPSA) is 55.3 Å². The number of benzene rings is 3. The summed E-state index contributed by atoms with van der Waals surface area (Å²) in [6.45, 7) is 0.261. The van der Waals surface area contributed by atoms with Crippen molar-refractivity contribution in [2.45, 2.75) is 6.54 Å². The first-order valence-corrected chi connectivity index (χ1v) is 11.5. The number of hydrogen-bond acceptors (Lipinski definition) is 5. The number of thiazole rings is 1. The zero-order chi connectivity index (χ0) is 22.6. The molecule has 5 aromatic rings. The normalized spacial score (nSPS) is 10.8. The summed E-state index contributed by atoms with van der Waals surface area (Å²) in [7, 11) is 0. The predicted molar refractivity (Wildman–Crippen MR) is 132 cm³/mol. The van der Waals surface area contributed by atoms with Gasteiger partial charge in [-0.1, -0.05) is 65.4 Å². The number of carbonyl (C=O) groups excluding carboxylic acids is 1. The van der Waals surface area contributed by atoms with E-state index in [1.807, 2.05) is 72.8 Å². The van der Waals surface area contributed by atoms with Crippen LogP contribution in [0.4, 0.5) is 5.13 Å². The highest BCUT2D eigenvalue weighted by Crippen LogP contribution is 2.35. The van der Waals surface area contributed by atoms with Crippen LogP contribution in [0.25, 0.3) is 10.2 Å². The van der Waals surface area contributed by atoms with Crippen LogP contribution in [0.15, 0.2) is 97.2 Å².